The van der Waals surface area contributed by atoms with Crippen LogP contribution < -0.4 is 14.7 Å². The van der Waals surface area contributed by atoms with Gasteiger partial charge in [0.2, 0.25) is 0 Å². The third-order valence-corrected chi connectivity index (χ3v) is 5.96. The van der Waals surface area contributed by atoms with Gasteiger partial charge in [0.25, 0.3) is 0 Å². The number of hydrogen-bond donors (Lipinski definition) is 0. The molecule has 4 aromatic carbocycles. The van der Waals surface area contributed by atoms with Crippen LogP contribution in [0.5, 0.6) is 0 Å². The summed E-state index contributed by atoms with van der Waals surface area (Å²) in [5.41, 5.74) is 6.02. The molecule has 5 heteroatoms. The molecule has 0 fully saturated rings. The van der Waals surface area contributed by atoms with Crippen molar-refractivity contribution in [1.29, 1.82) is 0 Å². The fourth-order valence-corrected chi connectivity index (χ4v) is 3.79. The maximum Gasteiger partial charge on any atom is 0.195 e. The first kappa shape index (κ1) is 27.2. The van der Waals surface area contributed by atoms with E-state index in [4.69, 9.17) is 0 Å². The first-order valence-electron chi connectivity index (χ1n) is 12.1. The van der Waals surface area contributed by atoms with Gasteiger partial charge in [-0.15, -0.1) is 0 Å². The van der Waals surface area contributed by atoms with E-state index in [0.717, 1.165) is 28.2 Å². The van der Waals surface area contributed by atoms with Crippen LogP contribution in [0.25, 0.3) is 0 Å². The lowest BCUT2D eigenvalue weighted by atomic mass is 10.0. The Bertz CT molecular complexity index is 1260. The Balaban J connectivity index is 0.000000208. The third-order valence-electron chi connectivity index (χ3n) is 5.96. The fraction of sp³-hybridized carbons (Fsp3) is 0.188. The van der Waals surface area contributed by atoms with Gasteiger partial charge in [-0.05, 0) is 60.7 Å². The summed E-state index contributed by atoms with van der Waals surface area (Å²) < 4.78 is 0. The molecule has 37 heavy (non-hydrogen) atoms. The maximum absolute atomic E-state index is 12.4. The summed E-state index contributed by atoms with van der Waals surface area (Å²) in [6.45, 7) is 0. The molecule has 0 aliphatic rings. The van der Waals surface area contributed by atoms with Crippen molar-refractivity contribution < 1.29 is 9.59 Å². The summed E-state index contributed by atoms with van der Waals surface area (Å²) in [6.07, 6.45) is 0. The molecule has 0 saturated heterocycles. The lowest BCUT2D eigenvalue weighted by molar-refractivity contribution is 0.103. The molecule has 4 aromatic rings. The number of rotatable bonds is 7. The van der Waals surface area contributed by atoms with E-state index in [9.17, 15) is 9.59 Å². The molecule has 0 bridgehead atoms. The molecule has 0 saturated carbocycles. The molecule has 0 aliphatic heterocycles. The number of para-hydroxylation sites is 1. The topological polar surface area (TPSA) is 43.9 Å². The lowest BCUT2D eigenvalue weighted by Gasteiger charge is -2.16. The quantitative estimate of drug-likeness (QED) is 0.294. The van der Waals surface area contributed by atoms with E-state index < -0.39 is 0 Å². The van der Waals surface area contributed by atoms with Gasteiger partial charge in [0.05, 0.1) is 0 Å². The molecule has 0 spiro atoms. The van der Waals surface area contributed by atoms with Crippen molar-refractivity contribution in [3.8, 4) is 0 Å². The zero-order chi connectivity index (χ0) is 26.9. The van der Waals surface area contributed by atoms with E-state index in [2.05, 4.69) is 0 Å². The maximum atomic E-state index is 12.4. The van der Waals surface area contributed by atoms with Gasteiger partial charge in [-0.25, -0.2) is 0 Å². The normalized spacial score (nSPS) is 10.1. The first-order chi connectivity index (χ1) is 17.7. The smallest absolute Gasteiger partial charge is 0.195 e. The van der Waals surface area contributed by atoms with Gasteiger partial charge in [-0.3, -0.25) is 9.59 Å². The van der Waals surface area contributed by atoms with E-state index in [-0.39, 0.29) is 11.6 Å². The van der Waals surface area contributed by atoms with Gasteiger partial charge in [0.15, 0.2) is 11.6 Å². The highest BCUT2D eigenvalue weighted by atomic mass is 16.1. The Labute approximate surface area is 220 Å². The number of ketones is 2. The largest absolute Gasteiger partial charge is 0.378 e. The van der Waals surface area contributed by atoms with Crippen LogP contribution in [0, 0.1) is 0 Å². The van der Waals surface area contributed by atoms with E-state index in [1.807, 2.05) is 160 Å². The van der Waals surface area contributed by atoms with Crippen molar-refractivity contribution in [3.05, 3.63) is 125 Å². The summed E-state index contributed by atoms with van der Waals surface area (Å²) in [4.78, 5) is 30.7. The Morgan fingerprint density at radius 1 is 0.432 bits per heavy atom. The molecule has 0 heterocycles. The predicted octanol–water partition coefficient (Wildman–Crippen LogP) is 6.03. The van der Waals surface area contributed by atoms with Crippen LogP contribution in [0.3, 0.4) is 0 Å². The van der Waals surface area contributed by atoms with Gasteiger partial charge >= 0.3 is 0 Å². The fourth-order valence-electron chi connectivity index (χ4n) is 3.79. The van der Waals surface area contributed by atoms with Gasteiger partial charge in [-0.2, -0.15) is 0 Å². The van der Waals surface area contributed by atoms with Crippen LogP contribution in [-0.2, 0) is 0 Å². The monoisotopic (exact) mass is 493 g/mol. The SMILES string of the molecule is CN(C)c1ccc(C(=O)c2ccc(N(C)C)cc2)cc1.CN(C)c1ccccc1C(=O)c1ccccc1. The molecule has 0 atom stereocenters. The number of carbonyl (C=O) groups is 2. The Hall–Kier alpha value is -4.38. The third kappa shape index (κ3) is 7.07. The van der Waals surface area contributed by atoms with E-state index in [1.165, 1.54) is 0 Å². The lowest BCUT2D eigenvalue weighted by Crippen LogP contribution is -2.14. The first-order valence-corrected chi connectivity index (χ1v) is 12.1. The van der Waals surface area contributed by atoms with Crippen molar-refractivity contribution in [3.63, 3.8) is 0 Å². The minimum Gasteiger partial charge on any atom is -0.378 e. The van der Waals surface area contributed by atoms with Crippen molar-refractivity contribution in [1.82, 2.24) is 0 Å². The molecule has 0 aliphatic carbocycles. The second kappa shape index (κ2) is 12.5. The standard InChI is InChI=1S/C17H20N2O.C15H15NO/c1-18(2)15-9-5-13(6-10-15)17(20)14-7-11-16(12-8-14)19(3)4;1-16(2)14-11-7-6-10-13(14)15(17)12-8-4-3-5-9-12/h5-12H,1-4H3;3-11H,1-2H3. The van der Waals surface area contributed by atoms with Gasteiger partial charge in [-0.1, -0.05) is 42.5 Å². The minimum absolute atomic E-state index is 0.0561. The zero-order valence-corrected chi connectivity index (χ0v) is 22.5. The molecular formula is C32H35N3O2. The summed E-state index contributed by atoms with van der Waals surface area (Å²) in [6, 6.07) is 32.3. The van der Waals surface area contributed by atoms with Gasteiger partial charge in [0, 0.05) is 81.6 Å². The Morgan fingerprint density at radius 3 is 1.27 bits per heavy atom. The second-order valence-electron chi connectivity index (χ2n) is 9.32. The Morgan fingerprint density at radius 2 is 0.838 bits per heavy atom. The average Bonchev–Trinajstić information content (AvgIpc) is 2.93. The van der Waals surface area contributed by atoms with Crippen LogP contribution in [0.2, 0.25) is 0 Å². The summed E-state index contributed by atoms with van der Waals surface area (Å²) in [5.74, 6) is 0.121. The summed E-state index contributed by atoms with van der Waals surface area (Å²) in [7, 11) is 11.8. The molecule has 190 valence electrons. The van der Waals surface area contributed by atoms with Gasteiger partial charge in [0.1, 0.15) is 0 Å². The number of nitrogens with zero attached hydrogens (tertiary/aromatic N) is 3. The van der Waals surface area contributed by atoms with E-state index >= 15 is 0 Å². The van der Waals surface area contributed by atoms with Crippen LogP contribution in [-0.4, -0.2) is 53.9 Å². The molecule has 0 amide bonds. The molecule has 4 rings (SSSR count). The highest BCUT2D eigenvalue weighted by Gasteiger charge is 2.13. The second-order valence-corrected chi connectivity index (χ2v) is 9.32. The highest BCUT2D eigenvalue weighted by Crippen LogP contribution is 2.21. The van der Waals surface area contributed by atoms with Crippen LogP contribution in [0.1, 0.15) is 31.8 Å². The molecular weight excluding hydrogens is 458 g/mol. The predicted molar refractivity (Wildman–Crippen MR) is 156 cm³/mol. The van der Waals surface area contributed by atoms with Crippen LogP contribution >= 0.6 is 0 Å². The van der Waals surface area contributed by atoms with E-state index in [0.29, 0.717) is 11.1 Å². The van der Waals surface area contributed by atoms with E-state index in [1.54, 1.807) is 0 Å². The van der Waals surface area contributed by atoms with Crippen molar-refractivity contribution in [2.24, 2.45) is 0 Å². The molecule has 0 unspecified atom stereocenters. The summed E-state index contributed by atoms with van der Waals surface area (Å²) in [5, 5.41) is 0. The molecule has 0 aromatic heterocycles. The van der Waals surface area contributed by atoms with Gasteiger partial charge < -0.3 is 14.7 Å². The number of anilines is 3. The molecule has 0 radical (unpaired) electrons. The van der Waals surface area contributed by atoms with Crippen molar-refractivity contribution in [2.45, 2.75) is 0 Å². The highest BCUT2D eigenvalue weighted by molar-refractivity contribution is 6.12. The number of hydrogen-bond acceptors (Lipinski definition) is 5. The minimum atomic E-state index is 0.0561. The van der Waals surface area contributed by atoms with Crippen molar-refractivity contribution in [2.75, 3.05) is 57.0 Å². The van der Waals surface area contributed by atoms with Crippen LogP contribution in [0.4, 0.5) is 17.1 Å². The Kier molecular flexibility index (Phi) is 9.22. The van der Waals surface area contributed by atoms with Crippen LogP contribution in [0.15, 0.2) is 103 Å². The zero-order valence-electron chi connectivity index (χ0n) is 22.5. The number of benzene rings is 4. The molecule has 0 N–H and O–H groups in total. The molecule has 5 nitrogen and oxygen atoms in total. The van der Waals surface area contributed by atoms with Crippen molar-refractivity contribution >= 4 is 28.6 Å². The number of carbonyl (C=O) groups excluding carboxylic acids is 2. The summed E-state index contributed by atoms with van der Waals surface area (Å²) >= 11 is 0. The average molecular weight is 494 g/mol.